The molecule has 106 valence electrons. The van der Waals surface area contributed by atoms with E-state index in [0.29, 0.717) is 19.7 Å². The number of aliphatic hydroxyl groups is 1. The van der Waals surface area contributed by atoms with Crippen molar-refractivity contribution in [1.82, 2.24) is 9.80 Å². The lowest BCUT2D eigenvalue weighted by Crippen LogP contribution is -2.43. The van der Waals surface area contributed by atoms with E-state index in [0.717, 1.165) is 6.54 Å². The maximum Gasteiger partial charge on any atom is 0.317 e. The van der Waals surface area contributed by atoms with E-state index in [2.05, 4.69) is 4.90 Å². The summed E-state index contributed by atoms with van der Waals surface area (Å²) in [5, 5.41) is 18.7. The second-order valence-electron chi connectivity index (χ2n) is 5.12. The first-order chi connectivity index (χ1) is 8.40. The molecule has 1 rings (SSSR count). The van der Waals surface area contributed by atoms with Crippen LogP contribution in [0.1, 0.15) is 13.8 Å². The molecule has 0 spiro atoms. The van der Waals surface area contributed by atoms with E-state index in [1.165, 1.54) is 0 Å². The van der Waals surface area contributed by atoms with Crippen molar-refractivity contribution in [1.29, 1.82) is 0 Å². The lowest BCUT2D eigenvalue weighted by atomic mass is 10.2. The third-order valence-electron chi connectivity index (χ3n) is 3.14. The van der Waals surface area contributed by atoms with Gasteiger partial charge < -0.3 is 14.9 Å². The molecule has 1 heterocycles. The molecule has 0 radical (unpaired) electrons. The van der Waals surface area contributed by atoms with Gasteiger partial charge >= 0.3 is 5.97 Å². The minimum atomic E-state index is -0.869. The number of aliphatic carboxylic acids is 1. The van der Waals surface area contributed by atoms with Crippen LogP contribution in [-0.2, 0) is 9.53 Å². The van der Waals surface area contributed by atoms with Crippen LogP contribution in [0.3, 0.4) is 0 Å². The van der Waals surface area contributed by atoms with E-state index < -0.39 is 12.1 Å². The van der Waals surface area contributed by atoms with Crippen LogP contribution in [-0.4, -0.2) is 84.1 Å². The van der Waals surface area contributed by atoms with Gasteiger partial charge in [-0.25, -0.2) is 0 Å². The van der Waals surface area contributed by atoms with Crippen LogP contribution in [0.2, 0.25) is 0 Å². The average molecular weight is 260 g/mol. The lowest BCUT2D eigenvalue weighted by Gasteiger charge is -2.24. The molecule has 18 heavy (non-hydrogen) atoms. The molecular weight excluding hydrogens is 236 g/mol. The van der Waals surface area contributed by atoms with E-state index in [-0.39, 0.29) is 18.7 Å². The van der Waals surface area contributed by atoms with Crippen LogP contribution in [0, 0.1) is 0 Å². The van der Waals surface area contributed by atoms with E-state index in [9.17, 15) is 9.90 Å². The smallest absolute Gasteiger partial charge is 0.317 e. The Kier molecular flexibility index (Phi) is 6.01. The van der Waals surface area contributed by atoms with Crippen molar-refractivity contribution in [2.24, 2.45) is 0 Å². The Labute approximate surface area is 108 Å². The fourth-order valence-electron chi connectivity index (χ4n) is 2.21. The van der Waals surface area contributed by atoms with Crippen molar-refractivity contribution in [2.75, 3.05) is 39.8 Å². The van der Waals surface area contributed by atoms with Gasteiger partial charge in [0.05, 0.1) is 25.4 Å². The highest BCUT2D eigenvalue weighted by atomic mass is 16.5. The molecule has 0 aromatic rings. The highest BCUT2D eigenvalue weighted by molar-refractivity contribution is 5.69. The second-order valence-corrected chi connectivity index (χ2v) is 5.12. The van der Waals surface area contributed by atoms with Gasteiger partial charge in [-0.1, -0.05) is 0 Å². The highest BCUT2D eigenvalue weighted by Crippen LogP contribution is 2.14. The fourth-order valence-corrected chi connectivity index (χ4v) is 2.21. The van der Waals surface area contributed by atoms with Crippen LogP contribution >= 0.6 is 0 Å². The summed E-state index contributed by atoms with van der Waals surface area (Å²) in [6.45, 7) is 6.61. The summed E-state index contributed by atoms with van der Waals surface area (Å²) in [6, 6.07) is -0.111. The summed E-state index contributed by atoms with van der Waals surface area (Å²) in [7, 11) is 1.73. The molecule has 2 N–H and O–H groups in total. The van der Waals surface area contributed by atoms with Crippen molar-refractivity contribution in [2.45, 2.75) is 32.1 Å². The molecule has 2 atom stereocenters. The Hall–Kier alpha value is -0.690. The summed E-state index contributed by atoms with van der Waals surface area (Å²) in [5.74, 6) is -0.869. The first-order valence-corrected chi connectivity index (χ1v) is 6.34. The summed E-state index contributed by atoms with van der Waals surface area (Å²) in [4.78, 5) is 14.4. The predicted molar refractivity (Wildman–Crippen MR) is 67.6 cm³/mol. The molecule has 1 aliphatic heterocycles. The third kappa shape index (κ3) is 4.89. The number of aliphatic hydroxyl groups excluding tert-OH is 1. The zero-order chi connectivity index (χ0) is 13.7. The van der Waals surface area contributed by atoms with Gasteiger partial charge in [0.1, 0.15) is 0 Å². The van der Waals surface area contributed by atoms with Crippen molar-refractivity contribution in [3.63, 3.8) is 0 Å². The first-order valence-electron chi connectivity index (χ1n) is 6.34. The topological polar surface area (TPSA) is 73.2 Å². The summed E-state index contributed by atoms with van der Waals surface area (Å²) in [6.07, 6.45) is -0.281. The molecule has 0 amide bonds. The average Bonchev–Trinajstić information content (AvgIpc) is 2.58. The number of carboxylic acid groups (broad SMARTS) is 1. The van der Waals surface area contributed by atoms with Crippen LogP contribution in [0.4, 0.5) is 0 Å². The number of β-amino-alcohol motifs (C(OH)–C–C–N with tert-alkyl or cyclic N) is 1. The zero-order valence-corrected chi connectivity index (χ0v) is 11.4. The number of likely N-dealkylation sites (tertiary alicyclic amines) is 1. The number of hydrogen-bond donors (Lipinski definition) is 2. The molecule has 1 aliphatic rings. The number of carbonyl (C=O) groups is 1. The number of carboxylic acids is 1. The lowest BCUT2D eigenvalue weighted by molar-refractivity contribution is -0.138. The monoisotopic (exact) mass is 260 g/mol. The van der Waals surface area contributed by atoms with Gasteiger partial charge in [-0.15, -0.1) is 0 Å². The molecular formula is C12H24N2O4. The van der Waals surface area contributed by atoms with Gasteiger partial charge in [0.2, 0.25) is 0 Å². The number of rotatable bonds is 7. The normalized spacial score (nSPS) is 25.2. The fraction of sp³-hybridized carbons (Fsp3) is 0.917. The van der Waals surface area contributed by atoms with Gasteiger partial charge in [0, 0.05) is 25.7 Å². The number of ether oxygens (including phenoxy) is 1. The zero-order valence-electron chi connectivity index (χ0n) is 11.4. The van der Waals surface area contributed by atoms with Gasteiger partial charge in [-0.3, -0.25) is 14.6 Å². The Morgan fingerprint density at radius 3 is 2.72 bits per heavy atom. The molecule has 1 unspecified atom stereocenters. The minimum Gasteiger partial charge on any atom is -0.480 e. The predicted octanol–water partition coefficient (Wildman–Crippen LogP) is -0.527. The molecule has 1 saturated heterocycles. The second kappa shape index (κ2) is 7.04. The Bertz CT molecular complexity index is 273. The van der Waals surface area contributed by atoms with Gasteiger partial charge in [-0.05, 0) is 20.9 Å². The van der Waals surface area contributed by atoms with Gasteiger partial charge in [0.15, 0.2) is 0 Å². The number of nitrogens with zero attached hydrogens (tertiary/aromatic N) is 2. The van der Waals surface area contributed by atoms with Gasteiger partial charge in [0.25, 0.3) is 0 Å². The Morgan fingerprint density at radius 1 is 1.50 bits per heavy atom. The maximum atomic E-state index is 10.6. The molecule has 0 bridgehead atoms. The molecule has 0 aliphatic carbocycles. The maximum absolute atomic E-state index is 10.6. The highest BCUT2D eigenvalue weighted by Gasteiger charge is 2.34. The molecule has 6 nitrogen and oxygen atoms in total. The number of likely N-dealkylation sites (N-methyl/N-ethyl adjacent to an activating group) is 1. The van der Waals surface area contributed by atoms with E-state index in [1.54, 1.807) is 11.9 Å². The largest absolute Gasteiger partial charge is 0.480 e. The van der Waals surface area contributed by atoms with E-state index in [1.807, 2.05) is 13.8 Å². The number of hydrogen-bond acceptors (Lipinski definition) is 5. The van der Waals surface area contributed by atoms with Gasteiger partial charge in [-0.2, -0.15) is 0 Å². The Morgan fingerprint density at radius 2 is 2.17 bits per heavy atom. The van der Waals surface area contributed by atoms with Crippen molar-refractivity contribution < 1.29 is 19.7 Å². The van der Waals surface area contributed by atoms with E-state index in [4.69, 9.17) is 9.84 Å². The molecule has 0 saturated carbocycles. The Balaban J connectivity index is 2.34. The van der Waals surface area contributed by atoms with Crippen molar-refractivity contribution in [3.05, 3.63) is 0 Å². The molecule has 6 heteroatoms. The molecule has 0 aromatic carbocycles. The van der Waals surface area contributed by atoms with Crippen molar-refractivity contribution >= 4 is 5.97 Å². The summed E-state index contributed by atoms with van der Waals surface area (Å²) < 4.78 is 5.47. The standard InChI is InChI=1S/C12H24N2O4/c1-9(2)18-5-4-14-6-10(11(15)7-14)13(3)8-12(16)17/h9-11,15H,4-8H2,1-3H3,(H,16,17)/t10?,11-/m1/s1. The van der Waals surface area contributed by atoms with Crippen LogP contribution < -0.4 is 0 Å². The summed E-state index contributed by atoms with van der Waals surface area (Å²) in [5.41, 5.74) is 0. The molecule has 1 fully saturated rings. The molecule has 0 aromatic heterocycles. The first kappa shape index (κ1) is 15.4. The van der Waals surface area contributed by atoms with E-state index >= 15 is 0 Å². The van der Waals surface area contributed by atoms with Crippen molar-refractivity contribution in [3.8, 4) is 0 Å². The minimum absolute atomic E-state index is 0.0436. The quantitative estimate of drug-likeness (QED) is 0.641. The third-order valence-corrected chi connectivity index (χ3v) is 3.14. The summed E-state index contributed by atoms with van der Waals surface area (Å²) >= 11 is 0. The van der Waals surface area contributed by atoms with Crippen LogP contribution in [0.5, 0.6) is 0 Å². The SMILES string of the molecule is CC(C)OCCN1CC(N(C)CC(=O)O)[C@H](O)C1. The van der Waals surface area contributed by atoms with Crippen LogP contribution in [0.15, 0.2) is 0 Å². The van der Waals surface area contributed by atoms with Crippen LogP contribution in [0.25, 0.3) is 0 Å².